The average Bonchev–Trinajstić information content (AvgIpc) is 2.70. The molecule has 0 saturated heterocycles. The lowest BCUT2D eigenvalue weighted by atomic mass is 10.3. The molecule has 1 heterocycles. The summed E-state index contributed by atoms with van der Waals surface area (Å²) in [5.41, 5.74) is 0.920. The highest BCUT2D eigenvalue weighted by molar-refractivity contribution is 9.10. The molecule has 0 unspecified atom stereocenters. The largest absolute Gasteiger partial charge is 0.360 e. The van der Waals surface area contributed by atoms with Crippen molar-refractivity contribution in [3.63, 3.8) is 0 Å². The van der Waals surface area contributed by atoms with Crippen LogP contribution in [0.2, 0.25) is 0 Å². The number of rotatable bonds is 5. The fourth-order valence-electron chi connectivity index (χ4n) is 1.43. The van der Waals surface area contributed by atoms with Crippen molar-refractivity contribution < 1.29 is 8.42 Å². The normalized spacial score (nSPS) is 11.9. The van der Waals surface area contributed by atoms with Crippen LogP contribution < -0.4 is 5.32 Å². The van der Waals surface area contributed by atoms with Gasteiger partial charge in [0.05, 0.1) is 16.0 Å². The van der Waals surface area contributed by atoms with Crippen molar-refractivity contribution in [1.82, 2.24) is 4.98 Å². The van der Waals surface area contributed by atoms with Gasteiger partial charge in [0.1, 0.15) is 0 Å². The zero-order valence-electron chi connectivity index (χ0n) is 9.81. The second-order valence-electron chi connectivity index (χ2n) is 3.79. The molecule has 0 aliphatic carbocycles. The first-order chi connectivity index (χ1) is 8.50. The quantitative estimate of drug-likeness (QED) is 0.902. The van der Waals surface area contributed by atoms with Crippen LogP contribution in [0.3, 0.4) is 0 Å². The van der Waals surface area contributed by atoms with E-state index < -0.39 is 9.84 Å². The number of halogens is 1. The number of nitrogens with zero attached hydrogens (tertiary/aromatic N) is 1. The Labute approximate surface area is 118 Å². The van der Waals surface area contributed by atoms with Gasteiger partial charge in [-0.2, -0.15) is 0 Å². The van der Waals surface area contributed by atoms with E-state index in [1.54, 1.807) is 6.92 Å². The van der Waals surface area contributed by atoms with Crippen molar-refractivity contribution >= 4 is 52.5 Å². The Morgan fingerprint density at radius 1 is 1.44 bits per heavy atom. The molecule has 1 aromatic heterocycles. The summed E-state index contributed by atoms with van der Waals surface area (Å²) in [5, 5.41) is 3.82. The van der Waals surface area contributed by atoms with Gasteiger partial charge >= 0.3 is 0 Å². The maximum Gasteiger partial charge on any atom is 0.183 e. The number of hydrogen-bond donors (Lipinski definition) is 1. The van der Waals surface area contributed by atoms with E-state index in [-0.39, 0.29) is 11.5 Å². The molecule has 0 aliphatic rings. The lowest BCUT2D eigenvalue weighted by Gasteiger charge is -2.01. The van der Waals surface area contributed by atoms with Crippen molar-refractivity contribution in [3.8, 4) is 0 Å². The summed E-state index contributed by atoms with van der Waals surface area (Å²) >= 11 is 4.93. The van der Waals surface area contributed by atoms with Gasteiger partial charge in [-0.1, -0.05) is 34.2 Å². The van der Waals surface area contributed by atoms with E-state index in [2.05, 4.69) is 26.2 Å². The Balaban J connectivity index is 2.04. The van der Waals surface area contributed by atoms with Crippen LogP contribution in [0.4, 0.5) is 5.13 Å². The number of hydrogen-bond acceptors (Lipinski definition) is 5. The minimum atomic E-state index is -2.92. The van der Waals surface area contributed by atoms with Crippen LogP contribution in [-0.2, 0) is 9.84 Å². The summed E-state index contributed by atoms with van der Waals surface area (Å²) in [6, 6.07) is 5.87. The van der Waals surface area contributed by atoms with Crippen LogP contribution in [0.15, 0.2) is 22.7 Å². The molecule has 0 saturated carbocycles. The van der Waals surface area contributed by atoms with Gasteiger partial charge in [0.15, 0.2) is 15.0 Å². The first kappa shape index (κ1) is 13.8. The third-order valence-electron chi connectivity index (χ3n) is 2.48. The van der Waals surface area contributed by atoms with Crippen LogP contribution >= 0.6 is 27.3 Å². The highest BCUT2D eigenvalue weighted by Gasteiger charge is 2.08. The summed E-state index contributed by atoms with van der Waals surface area (Å²) in [6.07, 6.45) is 0. The number of thiazole rings is 1. The fourth-order valence-corrected chi connectivity index (χ4v) is 3.58. The SMILES string of the molecule is CCS(=O)(=O)CCNc1nc2ccc(Br)cc2s1. The number of aromatic nitrogens is 1. The molecule has 98 valence electrons. The van der Waals surface area contributed by atoms with E-state index in [9.17, 15) is 8.42 Å². The molecule has 0 spiro atoms. The minimum Gasteiger partial charge on any atom is -0.360 e. The number of anilines is 1. The molecular formula is C11H13BrN2O2S2. The van der Waals surface area contributed by atoms with Gasteiger partial charge in [0.2, 0.25) is 0 Å². The second-order valence-corrected chi connectivity index (χ2v) is 8.21. The van der Waals surface area contributed by atoms with Gasteiger partial charge in [-0.25, -0.2) is 13.4 Å². The summed E-state index contributed by atoms with van der Waals surface area (Å²) in [7, 11) is -2.92. The number of nitrogens with one attached hydrogen (secondary N) is 1. The summed E-state index contributed by atoms with van der Waals surface area (Å²) in [6.45, 7) is 2.06. The smallest absolute Gasteiger partial charge is 0.183 e. The molecule has 1 aromatic carbocycles. The van der Waals surface area contributed by atoms with Gasteiger partial charge in [-0.05, 0) is 18.2 Å². The van der Waals surface area contributed by atoms with Crippen LogP contribution in [-0.4, -0.2) is 31.5 Å². The van der Waals surface area contributed by atoms with Crippen LogP contribution in [0, 0.1) is 0 Å². The van der Waals surface area contributed by atoms with E-state index in [4.69, 9.17) is 0 Å². The lowest BCUT2D eigenvalue weighted by Crippen LogP contribution is -2.16. The predicted octanol–water partition coefficient (Wildman–Crippen LogP) is 2.91. The minimum absolute atomic E-state index is 0.142. The first-order valence-corrected chi connectivity index (χ1v) is 8.93. The summed E-state index contributed by atoms with van der Waals surface area (Å²) in [4.78, 5) is 4.39. The number of benzene rings is 1. The Bertz CT molecular complexity index is 652. The molecule has 4 nitrogen and oxygen atoms in total. The van der Waals surface area contributed by atoms with E-state index in [0.29, 0.717) is 6.54 Å². The molecule has 2 aromatic rings. The van der Waals surface area contributed by atoms with Crippen LogP contribution in [0.25, 0.3) is 10.2 Å². The van der Waals surface area contributed by atoms with E-state index in [0.717, 1.165) is 19.8 Å². The van der Waals surface area contributed by atoms with Crippen LogP contribution in [0.5, 0.6) is 0 Å². The van der Waals surface area contributed by atoms with Gasteiger partial charge < -0.3 is 5.32 Å². The molecule has 0 aliphatic heterocycles. The van der Waals surface area contributed by atoms with Crippen LogP contribution in [0.1, 0.15) is 6.92 Å². The van der Waals surface area contributed by atoms with E-state index in [1.807, 2.05) is 18.2 Å². The predicted molar refractivity (Wildman–Crippen MR) is 80.1 cm³/mol. The maximum absolute atomic E-state index is 11.3. The van der Waals surface area contributed by atoms with Crippen molar-refractivity contribution in [1.29, 1.82) is 0 Å². The molecule has 0 bridgehead atoms. The Morgan fingerprint density at radius 2 is 2.22 bits per heavy atom. The van der Waals surface area contributed by atoms with Crippen molar-refractivity contribution in [3.05, 3.63) is 22.7 Å². The third-order valence-corrected chi connectivity index (χ3v) is 5.65. The zero-order valence-corrected chi connectivity index (χ0v) is 13.0. The van der Waals surface area contributed by atoms with Crippen molar-refractivity contribution in [2.75, 3.05) is 23.4 Å². The number of fused-ring (bicyclic) bond motifs is 1. The topological polar surface area (TPSA) is 59.1 Å². The Kier molecular flexibility index (Phi) is 4.24. The average molecular weight is 349 g/mol. The van der Waals surface area contributed by atoms with E-state index in [1.165, 1.54) is 11.3 Å². The molecule has 1 N–H and O–H groups in total. The molecule has 0 amide bonds. The summed E-state index contributed by atoms with van der Waals surface area (Å²) in [5.74, 6) is 0.324. The Hall–Kier alpha value is -0.660. The molecular weight excluding hydrogens is 336 g/mol. The van der Waals surface area contributed by atoms with Crippen molar-refractivity contribution in [2.24, 2.45) is 0 Å². The maximum atomic E-state index is 11.3. The van der Waals surface area contributed by atoms with Gasteiger partial charge in [0.25, 0.3) is 0 Å². The standard InChI is InChI=1S/C11H13BrN2O2S2/c1-2-18(15,16)6-5-13-11-14-9-4-3-8(12)7-10(9)17-11/h3-4,7H,2,5-6H2,1H3,(H,13,14). The van der Waals surface area contributed by atoms with E-state index >= 15 is 0 Å². The Morgan fingerprint density at radius 3 is 2.94 bits per heavy atom. The molecule has 0 fully saturated rings. The molecule has 0 radical (unpaired) electrons. The molecule has 18 heavy (non-hydrogen) atoms. The highest BCUT2D eigenvalue weighted by atomic mass is 79.9. The lowest BCUT2D eigenvalue weighted by molar-refractivity contribution is 0.597. The summed E-state index contributed by atoms with van der Waals surface area (Å²) < 4.78 is 24.8. The van der Waals surface area contributed by atoms with Crippen molar-refractivity contribution in [2.45, 2.75) is 6.92 Å². The fraction of sp³-hybridized carbons (Fsp3) is 0.364. The zero-order chi connectivity index (χ0) is 13.2. The highest BCUT2D eigenvalue weighted by Crippen LogP contribution is 2.28. The van der Waals surface area contributed by atoms with Gasteiger partial charge in [0, 0.05) is 16.8 Å². The first-order valence-electron chi connectivity index (χ1n) is 5.50. The molecule has 0 atom stereocenters. The third kappa shape index (κ3) is 3.43. The van der Waals surface area contributed by atoms with Gasteiger partial charge in [-0.3, -0.25) is 0 Å². The van der Waals surface area contributed by atoms with Gasteiger partial charge in [-0.15, -0.1) is 0 Å². The number of sulfone groups is 1. The monoisotopic (exact) mass is 348 g/mol. The molecule has 7 heteroatoms. The molecule has 2 rings (SSSR count). The second kappa shape index (κ2) is 5.54.